The van der Waals surface area contributed by atoms with Crippen molar-refractivity contribution in [1.82, 2.24) is 9.19 Å². The van der Waals surface area contributed by atoms with Gasteiger partial charge in [0.15, 0.2) is 0 Å². The molecule has 0 fully saturated rings. The molecule has 0 saturated heterocycles. The van der Waals surface area contributed by atoms with E-state index in [-0.39, 0.29) is 0 Å². The molecule has 15 heavy (non-hydrogen) atoms. The Hall–Kier alpha value is -0.141. The maximum atomic E-state index is 4.32. The van der Waals surface area contributed by atoms with Crippen LogP contribution in [0.4, 0.5) is 0 Å². The van der Waals surface area contributed by atoms with Crippen molar-refractivity contribution in [2.24, 2.45) is 0 Å². The molecular weight excluding hydrogens is 251 g/mol. The molecule has 0 aliphatic heterocycles. The molecule has 1 aromatic rings. The van der Waals surface area contributed by atoms with Crippen molar-refractivity contribution in [2.45, 2.75) is 64.2 Å². The Labute approximate surface area is 98.5 Å². The van der Waals surface area contributed by atoms with E-state index < -0.39 is 0 Å². The first kappa shape index (κ1) is 11.3. The predicted octanol–water partition coefficient (Wildman–Crippen LogP) is 2.75. The molecule has 0 N–H and O–H groups in total. The Bertz CT molecular complexity index is 256. The van der Waals surface area contributed by atoms with Crippen LogP contribution in [0.25, 0.3) is 0 Å². The van der Waals surface area contributed by atoms with Gasteiger partial charge in [0.2, 0.25) is 0 Å². The molecule has 84 valence electrons. The van der Waals surface area contributed by atoms with Crippen LogP contribution in [0.15, 0.2) is 0 Å². The van der Waals surface area contributed by atoms with Crippen molar-refractivity contribution in [3.05, 3.63) is 10.1 Å². The monoisotopic (exact) mass is 272 g/mol. The van der Waals surface area contributed by atoms with Crippen molar-refractivity contribution < 1.29 is 0 Å². The normalized spacial score (nSPS) is 20.0. The van der Waals surface area contributed by atoms with Gasteiger partial charge in [0.1, 0.15) is 0 Å². The van der Waals surface area contributed by atoms with Crippen LogP contribution in [0.3, 0.4) is 0 Å². The molecule has 3 heteroatoms. The molecule has 0 atom stereocenters. The van der Waals surface area contributed by atoms with E-state index in [2.05, 4.69) is 9.19 Å². The van der Waals surface area contributed by atoms with Gasteiger partial charge in [0.05, 0.1) is 0 Å². The second-order valence-electron chi connectivity index (χ2n) is 4.47. The molecule has 0 saturated carbocycles. The number of fused-ring (bicyclic) bond motifs is 1. The van der Waals surface area contributed by atoms with Gasteiger partial charge in [0.25, 0.3) is 0 Å². The first-order chi connectivity index (χ1) is 7.47. The van der Waals surface area contributed by atoms with E-state index in [1.807, 2.05) is 0 Å². The van der Waals surface area contributed by atoms with E-state index in [1.54, 1.807) is 4.44 Å². The summed E-state index contributed by atoms with van der Waals surface area (Å²) in [6.45, 7) is 0. The molecule has 0 spiro atoms. The third kappa shape index (κ3) is 3.73. The summed E-state index contributed by atoms with van der Waals surface area (Å²) in [5, 5.41) is 4.32. The fraction of sp³-hybridized carbons (Fsp3) is 0.833. The molecule has 1 aromatic heterocycles. The van der Waals surface area contributed by atoms with Crippen LogP contribution in [0, 0.1) is 0 Å². The third-order valence-corrected chi connectivity index (χ3v) is 4.93. The third-order valence-electron chi connectivity index (χ3n) is 3.20. The zero-order chi connectivity index (χ0) is 10.3. The Morgan fingerprint density at radius 2 is 1.33 bits per heavy atom. The number of hydrogen-bond donors (Lipinski definition) is 0. The molecule has 1 aliphatic carbocycles. The van der Waals surface area contributed by atoms with Gasteiger partial charge in [-0.05, 0) is 0 Å². The minimum atomic E-state index is 0.361. The summed E-state index contributed by atoms with van der Waals surface area (Å²) in [4.78, 5) is 0. The van der Waals surface area contributed by atoms with Gasteiger partial charge in [-0.1, -0.05) is 0 Å². The van der Waals surface area contributed by atoms with Crippen LogP contribution in [-0.4, -0.2) is 23.9 Å². The van der Waals surface area contributed by atoms with Crippen molar-refractivity contribution in [2.75, 3.05) is 0 Å². The average Bonchev–Trinajstić information content (AvgIpc) is 2.65. The summed E-state index contributed by atoms with van der Waals surface area (Å²) >= 11 is 0.361. The van der Waals surface area contributed by atoms with Gasteiger partial charge in [-0.3, -0.25) is 0 Å². The van der Waals surface area contributed by atoms with Gasteiger partial charge in [-0.15, -0.1) is 0 Å². The van der Waals surface area contributed by atoms with Crippen LogP contribution in [0.1, 0.15) is 61.5 Å². The van der Waals surface area contributed by atoms with Crippen molar-refractivity contribution in [1.29, 1.82) is 0 Å². The summed E-state index contributed by atoms with van der Waals surface area (Å²) in [6, 6.07) is 0. The number of rotatable bonds is 0. The van der Waals surface area contributed by atoms with E-state index in [4.69, 9.17) is 0 Å². The second-order valence-corrected chi connectivity index (χ2v) is 6.23. The summed E-state index contributed by atoms with van der Waals surface area (Å²) in [5.41, 5.74) is 1.36. The van der Waals surface area contributed by atoms with Gasteiger partial charge < -0.3 is 0 Å². The summed E-state index contributed by atoms with van der Waals surface area (Å²) in [7, 11) is 0. The van der Waals surface area contributed by atoms with Gasteiger partial charge in [0, 0.05) is 0 Å². The molecule has 2 rings (SSSR count). The van der Waals surface area contributed by atoms with Crippen LogP contribution in [0.5, 0.6) is 0 Å². The van der Waals surface area contributed by atoms with Gasteiger partial charge >= 0.3 is 98.3 Å². The standard InChI is InChI=1S/C12H20N2Se/c1-2-4-6-8-10-12-11(13-14-15-12)9-7-5-3-1/h1-10H2. The first-order valence-corrected chi connectivity index (χ1v) is 7.89. The van der Waals surface area contributed by atoms with E-state index >= 15 is 0 Å². The quantitative estimate of drug-likeness (QED) is 0.678. The van der Waals surface area contributed by atoms with E-state index in [0.717, 1.165) is 0 Å². The van der Waals surface area contributed by atoms with Gasteiger partial charge in [-0.2, -0.15) is 0 Å². The van der Waals surface area contributed by atoms with Crippen molar-refractivity contribution in [3.8, 4) is 0 Å². The molecule has 1 aliphatic rings. The average molecular weight is 271 g/mol. The Morgan fingerprint density at radius 1 is 0.733 bits per heavy atom. The zero-order valence-electron chi connectivity index (χ0n) is 9.37. The molecule has 0 radical (unpaired) electrons. The predicted molar refractivity (Wildman–Crippen MR) is 63.3 cm³/mol. The topological polar surface area (TPSA) is 25.8 Å². The molecule has 2 nitrogen and oxygen atoms in total. The molecular formula is C12H20N2Se. The van der Waals surface area contributed by atoms with Crippen LogP contribution < -0.4 is 0 Å². The summed E-state index contributed by atoms with van der Waals surface area (Å²) in [6.07, 6.45) is 13.7. The Morgan fingerprint density at radius 3 is 2.07 bits per heavy atom. The first-order valence-electron chi connectivity index (χ1n) is 6.27. The fourth-order valence-electron chi connectivity index (χ4n) is 2.25. The zero-order valence-corrected chi connectivity index (χ0v) is 11.1. The van der Waals surface area contributed by atoms with Crippen LogP contribution in [-0.2, 0) is 12.8 Å². The van der Waals surface area contributed by atoms with Crippen LogP contribution in [0.2, 0.25) is 0 Å². The van der Waals surface area contributed by atoms with Crippen molar-refractivity contribution >= 4 is 14.7 Å². The number of hydrogen-bond acceptors (Lipinski definition) is 2. The summed E-state index contributed by atoms with van der Waals surface area (Å²) in [5.74, 6) is 0. The van der Waals surface area contributed by atoms with Crippen LogP contribution >= 0.6 is 0 Å². The number of aryl methyl sites for hydroxylation is 2. The number of aromatic nitrogens is 2. The molecule has 0 bridgehead atoms. The molecule has 0 amide bonds. The number of nitrogens with zero attached hydrogens (tertiary/aromatic N) is 2. The van der Waals surface area contributed by atoms with E-state index in [0.29, 0.717) is 14.7 Å². The van der Waals surface area contributed by atoms with Gasteiger partial charge in [-0.25, -0.2) is 0 Å². The van der Waals surface area contributed by atoms with Crippen molar-refractivity contribution in [3.63, 3.8) is 0 Å². The molecule has 1 heterocycles. The molecule has 0 aromatic carbocycles. The Balaban J connectivity index is 1.92. The molecule has 0 unspecified atom stereocenters. The van der Waals surface area contributed by atoms with E-state index in [1.165, 1.54) is 69.9 Å². The minimum absolute atomic E-state index is 0.361. The fourth-order valence-corrected chi connectivity index (χ4v) is 3.76. The van der Waals surface area contributed by atoms with E-state index in [9.17, 15) is 0 Å². The second kappa shape index (κ2) is 6.44. The summed E-state index contributed by atoms with van der Waals surface area (Å²) < 4.78 is 5.83. The SMILES string of the molecule is C1CCCCCc2[se]nnc2CCCC1. The Kier molecular flexibility index (Phi) is 4.87. The maximum absolute atomic E-state index is 4.32.